The Balaban J connectivity index is 3.06. The monoisotopic (exact) mass is 299 g/mol. The van der Waals surface area contributed by atoms with E-state index in [0.717, 1.165) is 12.8 Å². The Labute approximate surface area is 122 Å². The van der Waals surface area contributed by atoms with Crippen molar-refractivity contribution in [3.63, 3.8) is 0 Å². The minimum atomic E-state index is -3.55. The smallest absolute Gasteiger partial charge is 0.241 e. The molecule has 0 saturated heterocycles. The normalized spacial score (nSPS) is 13.7. The molecule has 0 bridgehead atoms. The van der Waals surface area contributed by atoms with Crippen LogP contribution in [-0.4, -0.2) is 19.6 Å². The van der Waals surface area contributed by atoms with E-state index in [1.54, 1.807) is 25.1 Å². The number of nitrogens with one attached hydrogen (secondary N) is 1. The molecule has 0 aliphatic carbocycles. The zero-order chi connectivity index (χ0) is 15.3. The molecular formula is C15H25NO3S. The number of hydrogen-bond acceptors (Lipinski definition) is 3. The van der Waals surface area contributed by atoms with Gasteiger partial charge in [-0.05, 0) is 37.0 Å². The van der Waals surface area contributed by atoms with Crippen molar-refractivity contribution in [3.8, 4) is 0 Å². The SMILES string of the molecule is CCC(CC)C(C)NS(=O)(=O)c1cccc(CO)c1C. The molecule has 0 aromatic heterocycles. The van der Waals surface area contributed by atoms with Gasteiger partial charge in [0.25, 0.3) is 0 Å². The summed E-state index contributed by atoms with van der Waals surface area (Å²) in [5.41, 5.74) is 1.25. The molecule has 0 heterocycles. The molecule has 0 amide bonds. The third kappa shape index (κ3) is 3.81. The van der Waals surface area contributed by atoms with E-state index in [1.165, 1.54) is 0 Å². The van der Waals surface area contributed by atoms with Crippen LogP contribution in [0.4, 0.5) is 0 Å². The van der Waals surface area contributed by atoms with Gasteiger partial charge in [-0.15, -0.1) is 0 Å². The first-order valence-corrected chi connectivity index (χ1v) is 8.57. The van der Waals surface area contributed by atoms with Crippen LogP contribution in [0, 0.1) is 12.8 Å². The summed E-state index contributed by atoms with van der Waals surface area (Å²) in [5, 5.41) is 9.24. The van der Waals surface area contributed by atoms with E-state index in [4.69, 9.17) is 0 Å². The van der Waals surface area contributed by atoms with E-state index in [1.807, 2.05) is 6.92 Å². The van der Waals surface area contributed by atoms with Gasteiger partial charge >= 0.3 is 0 Å². The molecular weight excluding hydrogens is 274 g/mol. The minimum absolute atomic E-state index is 0.104. The van der Waals surface area contributed by atoms with Gasteiger partial charge in [-0.3, -0.25) is 0 Å². The van der Waals surface area contributed by atoms with Crippen molar-refractivity contribution in [2.45, 2.75) is 58.1 Å². The van der Waals surface area contributed by atoms with Crippen molar-refractivity contribution < 1.29 is 13.5 Å². The molecule has 0 spiro atoms. The summed E-state index contributed by atoms with van der Waals surface area (Å²) < 4.78 is 27.7. The minimum Gasteiger partial charge on any atom is -0.392 e. The van der Waals surface area contributed by atoms with Crippen molar-refractivity contribution in [2.24, 2.45) is 5.92 Å². The van der Waals surface area contributed by atoms with Crippen molar-refractivity contribution in [2.75, 3.05) is 0 Å². The highest BCUT2D eigenvalue weighted by Crippen LogP contribution is 2.21. The lowest BCUT2D eigenvalue weighted by Crippen LogP contribution is -2.38. The number of sulfonamides is 1. The van der Waals surface area contributed by atoms with Gasteiger partial charge in [0.2, 0.25) is 10.0 Å². The predicted molar refractivity (Wildman–Crippen MR) is 81.0 cm³/mol. The summed E-state index contributed by atoms with van der Waals surface area (Å²) in [5.74, 6) is 0.325. The van der Waals surface area contributed by atoms with Crippen molar-refractivity contribution >= 4 is 10.0 Å². The van der Waals surface area contributed by atoms with E-state index < -0.39 is 10.0 Å². The summed E-state index contributed by atoms with van der Waals surface area (Å²) in [6.07, 6.45) is 1.88. The molecule has 0 saturated carbocycles. The summed E-state index contributed by atoms with van der Waals surface area (Å²) >= 11 is 0. The maximum absolute atomic E-state index is 12.5. The molecule has 1 unspecified atom stereocenters. The van der Waals surface area contributed by atoms with Crippen LogP contribution in [0.2, 0.25) is 0 Å². The van der Waals surface area contributed by atoms with Gasteiger partial charge in [-0.1, -0.05) is 38.8 Å². The maximum atomic E-state index is 12.5. The third-order valence-electron chi connectivity index (χ3n) is 3.95. The Hall–Kier alpha value is -0.910. The van der Waals surface area contributed by atoms with Crippen LogP contribution in [0.3, 0.4) is 0 Å². The fourth-order valence-electron chi connectivity index (χ4n) is 2.52. The van der Waals surface area contributed by atoms with Crippen LogP contribution in [-0.2, 0) is 16.6 Å². The average molecular weight is 299 g/mol. The van der Waals surface area contributed by atoms with Crippen molar-refractivity contribution in [1.82, 2.24) is 4.72 Å². The maximum Gasteiger partial charge on any atom is 0.241 e. The Bertz CT molecular complexity index is 536. The first-order chi connectivity index (χ1) is 9.37. The fourth-order valence-corrected chi connectivity index (χ4v) is 4.12. The quantitative estimate of drug-likeness (QED) is 0.813. The van der Waals surface area contributed by atoms with Crippen molar-refractivity contribution in [1.29, 1.82) is 0 Å². The van der Waals surface area contributed by atoms with Gasteiger partial charge in [-0.2, -0.15) is 0 Å². The van der Waals surface area contributed by atoms with Gasteiger partial charge in [0.1, 0.15) is 0 Å². The Kier molecular flexibility index (Phi) is 6.17. The van der Waals surface area contributed by atoms with Crippen LogP contribution in [0.1, 0.15) is 44.7 Å². The van der Waals surface area contributed by atoms with E-state index in [9.17, 15) is 13.5 Å². The standard InChI is InChI=1S/C15H25NO3S/c1-5-13(6-2)12(4)16-20(18,19)15-9-7-8-14(10-17)11(15)3/h7-9,12-13,16-17H,5-6,10H2,1-4H3. The first-order valence-electron chi connectivity index (χ1n) is 7.09. The number of hydrogen-bond donors (Lipinski definition) is 2. The van der Waals surface area contributed by atoms with E-state index in [2.05, 4.69) is 18.6 Å². The van der Waals surface area contributed by atoms with Gasteiger partial charge in [0, 0.05) is 6.04 Å². The molecule has 5 heteroatoms. The molecule has 0 fully saturated rings. The molecule has 2 N–H and O–H groups in total. The van der Waals surface area contributed by atoms with E-state index in [-0.39, 0.29) is 17.5 Å². The van der Waals surface area contributed by atoms with Crippen LogP contribution < -0.4 is 4.72 Å². The molecule has 0 radical (unpaired) electrons. The highest BCUT2D eigenvalue weighted by molar-refractivity contribution is 7.89. The lowest BCUT2D eigenvalue weighted by Gasteiger charge is -2.23. The van der Waals surface area contributed by atoms with Crippen LogP contribution in [0.25, 0.3) is 0 Å². The first kappa shape index (κ1) is 17.1. The van der Waals surface area contributed by atoms with E-state index >= 15 is 0 Å². The lowest BCUT2D eigenvalue weighted by molar-refractivity contribution is 0.280. The molecule has 1 aromatic carbocycles. The molecule has 0 aliphatic rings. The van der Waals surface area contributed by atoms with Crippen LogP contribution >= 0.6 is 0 Å². The second kappa shape index (κ2) is 7.20. The van der Waals surface area contributed by atoms with Crippen LogP contribution in [0.5, 0.6) is 0 Å². The number of rotatable bonds is 7. The molecule has 1 aromatic rings. The molecule has 1 atom stereocenters. The zero-order valence-corrected chi connectivity index (χ0v) is 13.5. The van der Waals surface area contributed by atoms with Gasteiger partial charge < -0.3 is 5.11 Å². The zero-order valence-electron chi connectivity index (χ0n) is 12.7. The summed E-state index contributed by atoms with van der Waals surface area (Å²) in [6.45, 7) is 7.60. The Morgan fingerprint density at radius 3 is 2.35 bits per heavy atom. The number of aliphatic hydroxyl groups is 1. The predicted octanol–water partition coefficient (Wildman–Crippen LogP) is 2.59. The highest BCUT2D eigenvalue weighted by atomic mass is 32.2. The third-order valence-corrected chi connectivity index (χ3v) is 5.66. The number of benzene rings is 1. The molecule has 20 heavy (non-hydrogen) atoms. The summed E-state index contributed by atoms with van der Waals surface area (Å²) in [4.78, 5) is 0.252. The summed E-state index contributed by atoms with van der Waals surface area (Å²) in [6, 6.07) is 4.87. The second-order valence-corrected chi connectivity index (χ2v) is 6.87. The second-order valence-electron chi connectivity index (χ2n) is 5.18. The largest absolute Gasteiger partial charge is 0.392 e. The van der Waals surface area contributed by atoms with Gasteiger partial charge in [-0.25, -0.2) is 13.1 Å². The highest BCUT2D eigenvalue weighted by Gasteiger charge is 2.23. The Morgan fingerprint density at radius 2 is 1.85 bits per heavy atom. The molecule has 4 nitrogen and oxygen atoms in total. The van der Waals surface area contributed by atoms with E-state index in [0.29, 0.717) is 17.0 Å². The molecule has 1 rings (SSSR count). The molecule has 114 valence electrons. The van der Waals surface area contributed by atoms with Crippen molar-refractivity contribution in [3.05, 3.63) is 29.3 Å². The average Bonchev–Trinajstić information content (AvgIpc) is 2.39. The summed E-state index contributed by atoms with van der Waals surface area (Å²) in [7, 11) is -3.55. The van der Waals surface area contributed by atoms with Gasteiger partial charge in [0.15, 0.2) is 0 Å². The fraction of sp³-hybridized carbons (Fsp3) is 0.600. The topological polar surface area (TPSA) is 66.4 Å². The van der Waals surface area contributed by atoms with Gasteiger partial charge in [0.05, 0.1) is 11.5 Å². The number of aliphatic hydroxyl groups excluding tert-OH is 1. The Morgan fingerprint density at radius 1 is 1.25 bits per heavy atom. The van der Waals surface area contributed by atoms with Crippen LogP contribution in [0.15, 0.2) is 23.1 Å². The lowest BCUT2D eigenvalue weighted by atomic mass is 9.96. The molecule has 0 aliphatic heterocycles.